The molecule has 1 N–H and O–H groups in total. The van der Waals surface area contributed by atoms with Crippen LogP contribution in [0.4, 0.5) is 0 Å². The van der Waals surface area contributed by atoms with Gasteiger partial charge >= 0.3 is 0 Å². The van der Waals surface area contributed by atoms with Gasteiger partial charge in [-0.2, -0.15) is 0 Å². The zero-order valence-corrected chi connectivity index (χ0v) is 16.8. The van der Waals surface area contributed by atoms with Crippen LogP contribution in [0.3, 0.4) is 0 Å². The van der Waals surface area contributed by atoms with Gasteiger partial charge in [-0.15, -0.1) is 0 Å². The smallest absolute Gasteiger partial charge is 0.293 e. The molecule has 4 rings (SSSR count). The number of pyridine rings is 3. The maximum Gasteiger partial charge on any atom is 0.293 e. The molecule has 0 fully saturated rings. The van der Waals surface area contributed by atoms with Gasteiger partial charge in [0.25, 0.3) is 12.0 Å². The summed E-state index contributed by atoms with van der Waals surface area (Å²) in [5, 5.41) is 10.9. The minimum atomic E-state index is -0.886. The quantitative estimate of drug-likeness (QED) is 0.516. The Bertz CT molecular complexity index is 1120. The molecule has 3 aromatic rings. The summed E-state index contributed by atoms with van der Waals surface area (Å²) in [7, 11) is 1.54. The summed E-state index contributed by atoms with van der Waals surface area (Å²) in [6, 6.07) is 5.43. The van der Waals surface area contributed by atoms with Gasteiger partial charge in [0.2, 0.25) is 5.88 Å². The van der Waals surface area contributed by atoms with Crippen LogP contribution in [0, 0.1) is 0 Å². The van der Waals surface area contributed by atoms with Gasteiger partial charge in [0.05, 0.1) is 47.6 Å². The van der Waals surface area contributed by atoms with E-state index in [-0.39, 0.29) is 24.2 Å². The van der Waals surface area contributed by atoms with E-state index in [1.165, 1.54) is 0 Å². The Balaban J connectivity index is 0.00000117. The molecule has 0 amide bonds. The first-order valence-corrected chi connectivity index (χ1v) is 9.38. The minimum absolute atomic E-state index is 0.188. The number of aromatic nitrogens is 3. The van der Waals surface area contributed by atoms with E-state index in [9.17, 15) is 14.7 Å². The van der Waals surface area contributed by atoms with E-state index in [4.69, 9.17) is 14.5 Å². The number of carbonyl (C=O) groups is 1. The second kappa shape index (κ2) is 8.40. The van der Waals surface area contributed by atoms with Crippen LogP contribution in [0.2, 0.25) is 0 Å². The highest BCUT2D eigenvalue weighted by Gasteiger charge is 2.27. The molecule has 0 aromatic carbocycles. The average molecular weight is 397 g/mol. The molecular weight excluding hydrogens is 374 g/mol. The second-order valence-corrected chi connectivity index (χ2v) is 6.32. The van der Waals surface area contributed by atoms with Crippen LogP contribution < -0.4 is 10.3 Å². The van der Waals surface area contributed by atoms with E-state index in [0.29, 0.717) is 34.9 Å². The van der Waals surface area contributed by atoms with Crippen molar-refractivity contribution in [2.24, 2.45) is 0 Å². The van der Waals surface area contributed by atoms with E-state index in [1.807, 2.05) is 19.9 Å². The number of ether oxygens (including phenoxy) is 2. The molecule has 0 spiro atoms. The Kier molecular flexibility index (Phi) is 5.93. The van der Waals surface area contributed by atoms with E-state index in [1.54, 1.807) is 36.9 Å². The third-order valence-corrected chi connectivity index (χ3v) is 4.73. The first-order chi connectivity index (χ1) is 14.0. The number of aliphatic hydroxyl groups excluding tert-OH is 1. The van der Waals surface area contributed by atoms with Crippen molar-refractivity contribution in [1.29, 1.82) is 0 Å². The minimum Gasteiger partial charge on any atom is -0.481 e. The van der Waals surface area contributed by atoms with Gasteiger partial charge in [-0.1, -0.05) is 13.8 Å². The molecule has 0 bridgehead atoms. The fourth-order valence-electron chi connectivity index (χ4n) is 3.48. The molecular formula is C21H23N3O5. The van der Waals surface area contributed by atoms with Gasteiger partial charge in [0.15, 0.2) is 0 Å². The highest BCUT2D eigenvalue weighted by Crippen LogP contribution is 2.35. The molecule has 4 heterocycles. The van der Waals surface area contributed by atoms with Gasteiger partial charge < -0.3 is 19.1 Å². The largest absolute Gasteiger partial charge is 0.481 e. The summed E-state index contributed by atoms with van der Waals surface area (Å²) in [6.07, 6.45) is 0.728. The monoisotopic (exact) mass is 397 g/mol. The average Bonchev–Trinajstić information content (AvgIpc) is 3.10. The van der Waals surface area contributed by atoms with Gasteiger partial charge in [-0.25, -0.2) is 9.97 Å². The lowest BCUT2D eigenvalue weighted by atomic mass is 10.0. The third kappa shape index (κ3) is 3.47. The summed E-state index contributed by atoms with van der Waals surface area (Å²) in [6.45, 7) is 5.99. The molecule has 0 saturated carbocycles. The molecule has 1 atom stereocenters. The van der Waals surface area contributed by atoms with E-state index < -0.39 is 6.10 Å². The SMILES string of the molecule is CC.COc1nccc2nc3c(cc12)Cn1c-3cc(C(C)O)c(COC=O)c1=O. The Morgan fingerprint density at radius 2 is 2.10 bits per heavy atom. The highest BCUT2D eigenvalue weighted by molar-refractivity contribution is 5.87. The molecule has 8 heteroatoms. The maximum absolute atomic E-state index is 13.0. The summed E-state index contributed by atoms with van der Waals surface area (Å²) >= 11 is 0. The van der Waals surface area contributed by atoms with E-state index in [0.717, 1.165) is 10.9 Å². The zero-order chi connectivity index (χ0) is 21.1. The Hall–Kier alpha value is -3.26. The van der Waals surface area contributed by atoms with Crippen LogP contribution in [0.1, 0.15) is 43.6 Å². The summed E-state index contributed by atoms with van der Waals surface area (Å²) in [5.74, 6) is 0.468. The van der Waals surface area contributed by atoms with Gasteiger partial charge in [0, 0.05) is 11.8 Å². The van der Waals surface area contributed by atoms with Crippen molar-refractivity contribution in [2.75, 3.05) is 7.11 Å². The number of hydrogen-bond acceptors (Lipinski definition) is 7. The lowest BCUT2D eigenvalue weighted by molar-refractivity contribution is -0.129. The fourth-order valence-corrected chi connectivity index (χ4v) is 3.48. The Labute approximate surface area is 167 Å². The maximum atomic E-state index is 13.0. The van der Waals surface area contributed by atoms with Crippen molar-refractivity contribution in [3.05, 3.63) is 51.4 Å². The van der Waals surface area contributed by atoms with Crippen molar-refractivity contribution >= 4 is 17.4 Å². The van der Waals surface area contributed by atoms with Gasteiger partial charge in [0.1, 0.15) is 6.61 Å². The number of rotatable bonds is 5. The lowest BCUT2D eigenvalue weighted by Crippen LogP contribution is -2.26. The fraction of sp³-hybridized carbons (Fsp3) is 0.333. The first kappa shape index (κ1) is 20.5. The molecule has 1 unspecified atom stereocenters. The molecule has 0 aliphatic carbocycles. The third-order valence-electron chi connectivity index (χ3n) is 4.73. The van der Waals surface area contributed by atoms with Crippen molar-refractivity contribution in [3.63, 3.8) is 0 Å². The molecule has 3 aromatic heterocycles. The van der Waals surface area contributed by atoms with Crippen LogP contribution in [0.15, 0.2) is 29.2 Å². The van der Waals surface area contributed by atoms with E-state index in [2.05, 4.69) is 4.98 Å². The molecule has 1 aliphatic heterocycles. The standard InChI is InChI=1S/C19H17N3O5.C2H6/c1-10(24)12-6-16-17-11(7-22(16)19(25)14(12)8-27-9-23)5-13-15(21-17)3-4-20-18(13)26-2;1-2/h3-6,9-10,24H,7-8H2,1-2H3;1-2H3. The predicted octanol–water partition coefficient (Wildman–Crippen LogP) is 2.58. The first-order valence-electron chi connectivity index (χ1n) is 9.38. The number of fused-ring (bicyclic) bond motifs is 4. The van der Waals surface area contributed by atoms with Crippen molar-refractivity contribution in [3.8, 4) is 17.3 Å². The highest BCUT2D eigenvalue weighted by atomic mass is 16.5. The Morgan fingerprint density at radius 3 is 2.76 bits per heavy atom. The summed E-state index contributed by atoms with van der Waals surface area (Å²) in [4.78, 5) is 32.4. The Morgan fingerprint density at radius 1 is 1.34 bits per heavy atom. The summed E-state index contributed by atoms with van der Waals surface area (Å²) < 4.78 is 11.7. The lowest BCUT2D eigenvalue weighted by Gasteiger charge is -2.14. The second-order valence-electron chi connectivity index (χ2n) is 6.32. The zero-order valence-electron chi connectivity index (χ0n) is 16.8. The normalized spacial score (nSPS) is 12.4. The topological polar surface area (TPSA) is 104 Å². The number of nitrogens with zero attached hydrogens (tertiary/aromatic N) is 3. The van der Waals surface area contributed by atoms with Crippen LogP contribution in [0.5, 0.6) is 5.88 Å². The predicted molar refractivity (Wildman–Crippen MR) is 108 cm³/mol. The van der Waals surface area contributed by atoms with Gasteiger partial charge in [-0.3, -0.25) is 9.59 Å². The molecule has 0 saturated heterocycles. The number of carbonyl (C=O) groups excluding carboxylic acids is 1. The molecule has 0 radical (unpaired) electrons. The molecule has 152 valence electrons. The number of aliphatic hydroxyl groups is 1. The molecule has 1 aliphatic rings. The van der Waals surface area contributed by atoms with E-state index >= 15 is 0 Å². The van der Waals surface area contributed by atoms with Crippen molar-refractivity contribution in [1.82, 2.24) is 14.5 Å². The van der Waals surface area contributed by atoms with Crippen molar-refractivity contribution in [2.45, 2.75) is 40.0 Å². The van der Waals surface area contributed by atoms with Crippen molar-refractivity contribution < 1.29 is 19.4 Å². The number of hydrogen-bond donors (Lipinski definition) is 1. The van der Waals surface area contributed by atoms with Gasteiger partial charge in [-0.05, 0) is 30.7 Å². The van der Waals surface area contributed by atoms with Crippen LogP contribution in [-0.2, 0) is 22.7 Å². The van der Waals surface area contributed by atoms with Crippen LogP contribution >= 0.6 is 0 Å². The van der Waals surface area contributed by atoms with Crippen LogP contribution in [0.25, 0.3) is 22.3 Å². The molecule has 29 heavy (non-hydrogen) atoms. The summed E-state index contributed by atoms with van der Waals surface area (Å²) in [5.41, 5.74) is 3.24. The van der Waals surface area contributed by atoms with Crippen LogP contribution in [-0.4, -0.2) is 33.2 Å². The molecule has 8 nitrogen and oxygen atoms in total. The number of methoxy groups -OCH3 is 1.